The number of aliphatic carboxylic acids is 1. The third-order valence-corrected chi connectivity index (χ3v) is 4.94. The Hall–Kier alpha value is -1.06. The highest BCUT2D eigenvalue weighted by molar-refractivity contribution is 5.87. The molecule has 0 aromatic carbocycles. The van der Waals surface area contributed by atoms with Crippen molar-refractivity contribution in [2.75, 3.05) is 0 Å². The molecule has 2 N–H and O–H groups in total. The Morgan fingerprint density at radius 2 is 1.62 bits per heavy atom. The standard InChI is InChI=1S/C17H31NO3/c1-6-11-17(5,15(20)21)18-14(19)12-7-9-13(10-8-12)16(2,3)4/h12-13H,6-11H2,1-5H3,(H,18,19)(H,20,21). The van der Waals surface area contributed by atoms with Crippen LogP contribution < -0.4 is 5.32 Å². The van der Waals surface area contributed by atoms with E-state index in [1.807, 2.05) is 6.92 Å². The van der Waals surface area contributed by atoms with Crippen LogP contribution in [-0.2, 0) is 9.59 Å². The molecule has 4 nitrogen and oxygen atoms in total. The van der Waals surface area contributed by atoms with E-state index in [-0.39, 0.29) is 11.8 Å². The van der Waals surface area contributed by atoms with Crippen LogP contribution >= 0.6 is 0 Å². The number of carboxylic acids is 1. The molecular formula is C17H31NO3. The van der Waals surface area contributed by atoms with Crippen LogP contribution in [-0.4, -0.2) is 22.5 Å². The van der Waals surface area contributed by atoms with Crippen LogP contribution in [0.2, 0.25) is 0 Å². The fraction of sp³-hybridized carbons (Fsp3) is 0.882. The zero-order chi connectivity index (χ0) is 16.3. The van der Waals surface area contributed by atoms with E-state index < -0.39 is 11.5 Å². The zero-order valence-electron chi connectivity index (χ0n) is 14.2. The van der Waals surface area contributed by atoms with Crippen molar-refractivity contribution in [1.29, 1.82) is 0 Å². The van der Waals surface area contributed by atoms with Crippen molar-refractivity contribution in [3.05, 3.63) is 0 Å². The van der Waals surface area contributed by atoms with E-state index in [1.54, 1.807) is 6.92 Å². The molecule has 1 fully saturated rings. The van der Waals surface area contributed by atoms with Crippen molar-refractivity contribution in [3.8, 4) is 0 Å². The van der Waals surface area contributed by atoms with Crippen LogP contribution in [0.1, 0.15) is 73.1 Å². The molecule has 122 valence electrons. The Morgan fingerprint density at radius 3 is 2.00 bits per heavy atom. The average molecular weight is 297 g/mol. The van der Waals surface area contributed by atoms with Crippen molar-refractivity contribution in [1.82, 2.24) is 5.32 Å². The fourth-order valence-corrected chi connectivity index (χ4v) is 3.32. The van der Waals surface area contributed by atoms with Gasteiger partial charge in [-0.05, 0) is 50.4 Å². The maximum absolute atomic E-state index is 12.4. The summed E-state index contributed by atoms with van der Waals surface area (Å²) in [4.78, 5) is 23.8. The molecule has 1 amide bonds. The Labute approximate surface area is 128 Å². The number of nitrogens with one attached hydrogen (secondary N) is 1. The van der Waals surface area contributed by atoms with Gasteiger partial charge in [0.1, 0.15) is 5.54 Å². The second-order valence-electron chi connectivity index (χ2n) is 7.79. The van der Waals surface area contributed by atoms with Crippen molar-refractivity contribution >= 4 is 11.9 Å². The van der Waals surface area contributed by atoms with Crippen molar-refractivity contribution < 1.29 is 14.7 Å². The molecule has 1 unspecified atom stereocenters. The SMILES string of the molecule is CCCC(C)(NC(=O)C1CCC(C(C)(C)C)CC1)C(=O)O. The van der Waals surface area contributed by atoms with Crippen LogP contribution in [0.3, 0.4) is 0 Å². The summed E-state index contributed by atoms with van der Waals surface area (Å²) in [5, 5.41) is 12.1. The fourth-order valence-electron chi connectivity index (χ4n) is 3.32. The summed E-state index contributed by atoms with van der Waals surface area (Å²) in [5.74, 6) is -0.399. The van der Waals surface area contributed by atoms with Gasteiger partial charge in [-0.2, -0.15) is 0 Å². The molecular weight excluding hydrogens is 266 g/mol. The first-order chi connectivity index (χ1) is 9.60. The van der Waals surface area contributed by atoms with Crippen molar-refractivity contribution in [2.45, 2.75) is 78.7 Å². The lowest BCUT2D eigenvalue weighted by Gasteiger charge is -2.37. The van der Waals surface area contributed by atoms with Crippen molar-refractivity contribution in [3.63, 3.8) is 0 Å². The van der Waals surface area contributed by atoms with Gasteiger partial charge < -0.3 is 10.4 Å². The smallest absolute Gasteiger partial charge is 0.329 e. The van der Waals surface area contributed by atoms with Crippen LogP contribution in [0, 0.1) is 17.3 Å². The minimum absolute atomic E-state index is 0.0286. The molecule has 0 heterocycles. The normalized spacial score (nSPS) is 26.0. The third kappa shape index (κ3) is 4.72. The summed E-state index contributed by atoms with van der Waals surface area (Å²) in [5.41, 5.74) is -0.841. The van der Waals surface area contributed by atoms with Gasteiger partial charge in [-0.25, -0.2) is 4.79 Å². The second-order valence-corrected chi connectivity index (χ2v) is 7.79. The Balaban J connectivity index is 2.60. The Kier molecular flexibility index (Phi) is 5.83. The highest BCUT2D eigenvalue weighted by Gasteiger charge is 2.38. The van der Waals surface area contributed by atoms with E-state index in [0.29, 0.717) is 17.8 Å². The lowest BCUT2D eigenvalue weighted by Crippen LogP contribution is -2.54. The number of carboxylic acid groups (broad SMARTS) is 1. The number of amides is 1. The van der Waals surface area contributed by atoms with E-state index in [1.165, 1.54) is 0 Å². The number of rotatable bonds is 5. The maximum atomic E-state index is 12.4. The molecule has 1 rings (SSSR count). The van der Waals surface area contributed by atoms with Crippen LogP contribution in [0.15, 0.2) is 0 Å². The molecule has 0 aromatic heterocycles. The van der Waals surface area contributed by atoms with Crippen LogP contribution in [0.25, 0.3) is 0 Å². The molecule has 0 saturated heterocycles. The molecule has 0 bridgehead atoms. The van der Waals surface area contributed by atoms with Gasteiger partial charge in [-0.1, -0.05) is 34.1 Å². The largest absolute Gasteiger partial charge is 0.480 e. The van der Waals surface area contributed by atoms with E-state index in [0.717, 1.165) is 32.1 Å². The first-order valence-electron chi connectivity index (χ1n) is 8.15. The van der Waals surface area contributed by atoms with Crippen molar-refractivity contribution in [2.24, 2.45) is 17.3 Å². The van der Waals surface area contributed by atoms with Crippen LogP contribution in [0.4, 0.5) is 0 Å². The number of hydrogen-bond donors (Lipinski definition) is 2. The topological polar surface area (TPSA) is 66.4 Å². The summed E-state index contributed by atoms with van der Waals surface area (Å²) in [6.07, 6.45) is 5.05. The van der Waals surface area contributed by atoms with E-state index in [4.69, 9.17) is 0 Å². The zero-order valence-corrected chi connectivity index (χ0v) is 14.2. The van der Waals surface area contributed by atoms with Crippen LogP contribution in [0.5, 0.6) is 0 Å². The summed E-state index contributed by atoms with van der Waals surface area (Å²) in [6, 6.07) is 0. The van der Waals surface area contributed by atoms with E-state index in [9.17, 15) is 14.7 Å². The molecule has 1 saturated carbocycles. The molecule has 0 aliphatic heterocycles. The molecule has 0 aromatic rings. The monoisotopic (exact) mass is 297 g/mol. The molecule has 0 radical (unpaired) electrons. The maximum Gasteiger partial charge on any atom is 0.329 e. The van der Waals surface area contributed by atoms with Gasteiger partial charge in [0.2, 0.25) is 5.91 Å². The van der Waals surface area contributed by atoms with Gasteiger partial charge in [0.25, 0.3) is 0 Å². The quantitative estimate of drug-likeness (QED) is 0.815. The van der Waals surface area contributed by atoms with Gasteiger partial charge in [-0.3, -0.25) is 4.79 Å². The van der Waals surface area contributed by atoms with Gasteiger partial charge in [0.05, 0.1) is 0 Å². The lowest BCUT2D eigenvalue weighted by molar-refractivity contribution is -0.148. The first kappa shape index (κ1) is 18.0. The Morgan fingerprint density at radius 1 is 1.10 bits per heavy atom. The van der Waals surface area contributed by atoms with Gasteiger partial charge in [0, 0.05) is 5.92 Å². The average Bonchev–Trinajstić information content (AvgIpc) is 2.37. The molecule has 1 aliphatic carbocycles. The molecule has 1 atom stereocenters. The number of hydrogen-bond acceptors (Lipinski definition) is 2. The highest BCUT2D eigenvalue weighted by Crippen LogP contribution is 2.39. The summed E-state index contributed by atoms with van der Waals surface area (Å²) in [6.45, 7) is 10.3. The lowest BCUT2D eigenvalue weighted by atomic mass is 9.69. The van der Waals surface area contributed by atoms with E-state index >= 15 is 0 Å². The Bertz CT molecular complexity index is 378. The molecule has 4 heteroatoms. The highest BCUT2D eigenvalue weighted by atomic mass is 16.4. The minimum atomic E-state index is -1.13. The molecule has 1 aliphatic rings. The number of carbonyl (C=O) groups excluding carboxylic acids is 1. The molecule has 21 heavy (non-hydrogen) atoms. The van der Waals surface area contributed by atoms with Gasteiger partial charge in [0.15, 0.2) is 0 Å². The third-order valence-electron chi connectivity index (χ3n) is 4.94. The summed E-state index contributed by atoms with van der Waals surface area (Å²) < 4.78 is 0. The second kappa shape index (κ2) is 6.80. The minimum Gasteiger partial charge on any atom is -0.480 e. The van der Waals surface area contributed by atoms with Gasteiger partial charge >= 0.3 is 5.97 Å². The first-order valence-corrected chi connectivity index (χ1v) is 8.15. The number of carbonyl (C=O) groups is 2. The summed E-state index contributed by atoms with van der Waals surface area (Å²) >= 11 is 0. The molecule has 0 spiro atoms. The van der Waals surface area contributed by atoms with Gasteiger partial charge in [-0.15, -0.1) is 0 Å². The predicted octanol–water partition coefficient (Wildman–Crippen LogP) is 3.60. The summed E-state index contributed by atoms with van der Waals surface area (Å²) in [7, 11) is 0. The predicted molar refractivity (Wildman–Crippen MR) is 84.0 cm³/mol. The van der Waals surface area contributed by atoms with E-state index in [2.05, 4.69) is 26.1 Å².